The van der Waals surface area contributed by atoms with Crippen molar-refractivity contribution in [3.8, 4) is 17.0 Å². The molecule has 0 spiro atoms. The average Bonchev–Trinajstić information content (AvgIpc) is 3.32. The van der Waals surface area contributed by atoms with E-state index in [0.717, 1.165) is 67.3 Å². The van der Waals surface area contributed by atoms with Gasteiger partial charge in [-0.2, -0.15) is 5.10 Å². The van der Waals surface area contributed by atoms with Crippen molar-refractivity contribution in [2.24, 2.45) is 0 Å². The molecule has 0 N–H and O–H groups in total. The minimum atomic E-state index is -0.0343. The second-order valence-corrected chi connectivity index (χ2v) is 9.43. The third kappa shape index (κ3) is 5.25. The van der Waals surface area contributed by atoms with E-state index in [0.29, 0.717) is 18.1 Å². The summed E-state index contributed by atoms with van der Waals surface area (Å²) in [6, 6.07) is 15.8. The number of likely N-dealkylation sites (N-methyl/N-ethyl adjacent to an activating group) is 1. The molecule has 0 unspecified atom stereocenters. The molecule has 0 radical (unpaired) electrons. The van der Waals surface area contributed by atoms with Crippen molar-refractivity contribution in [1.82, 2.24) is 19.6 Å². The zero-order valence-corrected chi connectivity index (χ0v) is 20.2. The molecule has 0 aliphatic carbocycles. The van der Waals surface area contributed by atoms with Gasteiger partial charge in [0.1, 0.15) is 5.75 Å². The molecule has 5 rings (SSSR count). The lowest BCUT2D eigenvalue weighted by Gasteiger charge is -2.32. The Balaban J connectivity index is 1.45. The zero-order chi connectivity index (χ0) is 23.5. The first-order valence-corrected chi connectivity index (χ1v) is 12.1. The van der Waals surface area contributed by atoms with Crippen LogP contribution in [0.25, 0.3) is 17.3 Å². The van der Waals surface area contributed by atoms with Crippen LogP contribution >= 0.6 is 11.6 Å². The summed E-state index contributed by atoms with van der Waals surface area (Å²) in [4.78, 5) is 18.0. The quantitative estimate of drug-likeness (QED) is 0.539. The Kier molecular flexibility index (Phi) is 6.81. The highest BCUT2D eigenvalue weighted by Crippen LogP contribution is 2.29. The largest absolute Gasteiger partial charge is 0.493 e. The van der Waals surface area contributed by atoms with Gasteiger partial charge in [-0.25, -0.2) is 4.68 Å². The average molecular weight is 477 g/mol. The minimum absolute atomic E-state index is 0.0343. The van der Waals surface area contributed by atoms with Crippen molar-refractivity contribution in [3.63, 3.8) is 0 Å². The molecule has 7 heteroatoms. The van der Waals surface area contributed by atoms with Gasteiger partial charge >= 0.3 is 0 Å². The van der Waals surface area contributed by atoms with E-state index in [1.54, 1.807) is 4.68 Å². The van der Waals surface area contributed by atoms with Gasteiger partial charge in [-0.15, -0.1) is 0 Å². The number of hydrogen-bond acceptors (Lipinski definition) is 5. The third-order valence-electron chi connectivity index (χ3n) is 6.48. The maximum absolute atomic E-state index is 13.4. The van der Waals surface area contributed by atoms with Gasteiger partial charge in [0.25, 0.3) is 5.56 Å². The number of allylic oxidation sites excluding steroid dienone is 1. The number of hydrogen-bond donors (Lipinski definition) is 0. The fourth-order valence-corrected chi connectivity index (χ4v) is 4.56. The molecule has 2 aromatic carbocycles. The molecule has 1 aromatic heterocycles. The van der Waals surface area contributed by atoms with Crippen LogP contribution < -0.4 is 10.3 Å². The summed E-state index contributed by atoms with van der Waals surface area (Å²) in [6.07, 6.45) is 4.86. The van der Waals surface area contributed by atoms with Crippen molar-refractivity contribution in [3.05, 3.63) is 86.7 Å². The van der Waals surface area contributed by atoms with Crippen LogP contribution in [0.5, 0.6) is 5.75 Å². The predicted molar refractivity (Wildman–Crippen MR) is 136 cm³/mol. The monoisotopic (exact) mass is 476 g/mol. The Hall–Kier alpha value is -2.93. The number of ether oxygens (including phenoxy) is 1. The van der Waals surface area contributed by atoms with Gasteiger partial charge in [-0.1, -0.05) is 35.9 Å². The van der Waals surface area contributed by atoms with Crippen molar-refractivity contribution in [2.75, 3.05) is 39.8 Å². The molecule has 1 fully saturated rings. The number of rotatable bonds is 6. The maximum Gasteiger partial charge on any atom is 0.271 e. The molecule has 2 aliphatic heterocycles. The molecule has 0 saturated carbocycles. The molecule has 0 bridgehead atoms. The summed E-state index contributed by atoms with van der Waals surface area (Å²) in [7, 11) is 2.14. The summed E-state index contributed by atoms with van der Waals surface area (Å²) < 4.78 is 7.24. The van der Waals surface area contributed by atoms with E-state index in [1.165, 1.54) is 5.56 Å². The minimum Gasteiger partial charge on any atom is -0.493 e. The normalized spacial score (nSPS) is 16.6. The van der Waals surface area contributed by atoms with Crippen LogP contribution in [0.3, 0.4) is 0 Å². The highest BCUT2D eigenvalue weighted by Gasteiger charge is 2.19. The van der Waals surface area contributed by atoms with Gasteiger partial charge in [0.15, 0.2) is 0 Å². The maximum atomic E-state index is 13.4. The number of fused-ring (bicyclic) bond motifs is 1. The molecular weight excluding hydrogens is 448 g/mol. The SMILES string of the molecule is CN1CCN(Cc2cc(-c3ccc4c(c3)CCO4)nn(C/C=C/c3ccc(Cl)cc3)c2=O)CC1. The molecule has 6 nitrogen and oxygen atoms in total. The second-order valence-electron chi connectivity index (χ2n) is 9.00. The molecule has 2 aliphatic rings. The summed E-state index contributed by atoms with van der Waals surface area (Å²) in [6.45, 7) is 5.70. The van der Waals surface area contributed by atoms with Crippen LogP contribution in [-0.4, -0.2) is 59.4 Å². The summed E-state index contributed by atoms with van der Waals surface area (Å²) >= 11 is 5.98. The van der Waals surface area contributed by atoms with Gasteiger partial charge in [0.2, 0.25) is 0 Å². The van der Waals surface area contributed by atoms with Crippen molar-refractivity contribution >= 4 is 17.7 Å². The predicted octanol–water partition coefficient (Wildman–Crippen LogP) is 3.96. The second kappa shape index (κ2) is 10.1. The molecule has 3 heterocycles. The molecular formula is C27H29ClN4O2. The number of benzene rings is 2. The van der Waals surface area contributed by atoms with E-state index >= 15 is 0 Å². The summed E-state index contributed by atoms with van der Waals surface area (Å²) in [5.74, 6) is 0.945. The molecule has 3 aromatic rings. The van der Waals surface area contributed by atoms with Crippen molar-refractivity contribution in [2.45, 2.75) is 19.5 Å². The van der Waals surface area contributed by atoms with Crippen LogP contribution in [0.4, 0.5) is 0 Å². The first-order chi connectivity index (χ1) is 16.5. The van der Waals surface area contributed by atoms with Gasteiger partial charge in [-0.05, 0) is 54.6 Å². The molecule has 0 atom stereocenters. The van der Waals surface area contributed by atoms with Crippen LogP contribution in [0.1, 0.15) is 16.7 Å². The topological polar surface area (TPSA) is 50.6 Å². The molecule has 1 saturated heterocycles. The Morgan fingerprint density at radius 3 is 2.65 bits per heavy atom. The smallest absolute Gasteiger partial charge is 0.271 e. The highest BCUT2D eigenvalue weighted by molar-refractivity contribution is 6.30. The van der Waals surface area contributed by atoms with E-state index in [9.17, 15) is 4.79 Å². The first-order valence-electron chi connectivity index (χ1n) is 11.8. The van der Waals surface area contributed by atoms with E-state index in [2.05, 4.69) is 22.9 Å². The Morgan fingerprint density at radius 2 is 1.85 bits per heavy atom. The Labute approximate surface area is 205 Å². The van der Waals surface area contributed by atoms with E-state index in [4.69, 9.17) is 21.4 Å². The van der Waals surface area contributed by atoms with Crippen molar-refractivity contribution in [1.29, 1.82) is 0 Å². The number of halogens is 1. The Bertz CT molecular complexity index is 1240. The van der Waals surface area contributed by atoms with Crippen molar-refractivity contribution < 1.29 is 4.74 Å². The number of aromatic nitrogens is 2. The van der Waals surface area contributed by atoms with Gasteiger partial charge < -0.3 is 9.64 Å². The number of nitrogens with zero attached hydrogens (tertiary/aromatic N) is 4. The van der Waals surface area contributed by atoms with E-state index in [-0.39, 0.29) is 5.56 Å². The lowest BCUT2D eigenvalue weighted by molar-refractivity contribution is 0.147. The lowest BCUT2D eigenvalue weighted by Crippen LogP contribution is -2.44. The van der Waals surface area contributed by atoms with E-state index in [1.807, 2.05) is 54.6 Å². The Morgan fingerprint density at radius 1 is 1.06 bits per heavy atom. The fourth-order valence-electron chi connectivity index (χ4n) is 4.43. The third-order valence-corrected chi connectivity index (χ3v) is 6.73. The zero-order valence-electron chi connectivity index (χ0n) is 19.4. The highest BCUT2D eigenvalue weighted by atomic mass is 35.5. The van der Waals surface area contributed by atoms with E-state index < -0.39 is 0 Å². The van der Waals surface area contributed by atoms with Crippen LogP contribution in [0.15, 0.2) is 59.4 Å². The standard InChI is InChI=1S/C27H29ClN4O2/c1-30-12-14-31(15-13-30)19-23-18-25(21-6-9-26-22(17-21)10-16-34-26)29-32(27(23)33)11-2-3-20-4-7-24(28)8-5-20/h2-9,17-18H,10-16,19H2,1H3/b3-2+. The van der Waals surface area contributed by atoms with Gasteiger partial charge in [-0.3, -0.25) is 9.69 Å². The summed E-state index contributed by atoms with van der Waals surface area (Å²) in [5, 5.41) is 5.45. The molecule has 176 valence electrons. The van der Waals surface area contributed by atoms with Crippen LogP contribution in [0, 0.1) is 0 Å². The molecule has 0 amide bonds. The number of piperazine rings is 1. The van der Waals surface area contributed by atoms with Gasteiger partial charge in [0.05, 0.1) is 18.8 Å². The van der Waals surface area contributed by atoms with Gasteiger partial charge in [0, 0.05) is 55.3 Å². The summed E-state index contributed by atoms with van der Waals surface area (Å²) in [5.41, 5.74) is 4.81. The first kappa shape index (κ1) is 22.8. The van der Waals surface area contributed by atoms with Crippen LogP contribution in [0.2, 0.25) is 5.02 Å². The molecule has 34 heavy (non-hydrogen) atoms. The fraction of sp³-hybridized carbons (Fsp3) is 0.333. The lowest BCUT2D eigenvalue weighted by atomic mass is 10.0. The van der Waals surface area contributed by atoms with Crippen LogP contribution in [-0.2, 0) is 19.5 Å².